The molecule has 0 aromatic heterocycles. The zero-order valence-electron chi connectivity index (χ0n) is 9.11. The molecule has 0 amide bonds. The van der Waals surface area contributed by atoms with Gasteiger partial charge in [0, 0.05) is 6.04 Å². The van der Waals surface area contributed by atoms with Crippen molar-refractivity contribution in [3.63, 3.8) is 0 Å². The van der Waals surface area contributed by atoms with Crippen molar-refractivity contribution in [1.82, 2.24) is 5.32 Å². The molecule has 1 N–H and O–H groups in total. The molecule has 0 unspecified atom stereocenters. The summed E-state index contributed by atoms with van der Waals surface area (Å²) in [7, 11) is -2.65. The van der Waals surface area contributed by atoms with Gasteiger partial charge in [-0.05, 0) is 32.2 Å². The Morgan fingerprint density at radius 2 is 1.87 bits per heavy atom. The molecule has 1 aliphatic rings. The lowest BCUT2D eigenvalue weighted by molar-refractivity contribution is 0.314. The second kappa shape index (κ2) is 8.07. The van der Waals surface area contributed by atoms with E-state index in [4.69, 9.17) is 0 Å². The minimum Gasteiger partial charge on any atom is -0.314 e. The summed E-state index contributed by atoms with van der Waals surface area (Å²) in [5.41, 5.74) is 0. The second-order valence-electron chi connectivity index (χ2n) is 4.05. The van der Waals surface area contributed by atoms with Gasteiger partial charge < -0.3 is 5.32 Å². The first-order valence-corrected chi connectivity index (χ1v) is 6.89. The summed E-state index contributed by atoms with van der Waals surface area (Å²) in [4.78, 5) is 0. The van der Waals surface area contributed by atoms with Crippen LogP contribution >= 0.6 is 0 Å². The van der Waals surface area contributed by atoms with Crippen LogP contribution in [0.2, 0.25) is 0 Å². The summed E-state index contributed by atoms with van der Waals surface area (Å²) in [6.07, 6.45) is 8.45. The van der Waals surface area contributed by atoms with E-state index in [9.17, 15) is 8.42 Å². The van der Waals surface area contributed by atoms with Crippen LogP contribution < -0.4 is 5.32 Å². The normalized spacial score (nSPS) is 18.5. The highest BCUT2D eigenvalue weighted by Crippen LogP contribution is 2.17. The summed E-state index contributed by atoms with van der Waals surface area (Å²) in [6, 6.07) is 0.691. The van der Waals surface area contributed by atoms with Crippen molar-refractivity contribution < 1.29 is 12.6 Å². The molecule has 0 aromatic rings. The van der Waals surface area contributed by atoms with Crippen molar-refractivity contribution in [2.24, 2.45) is 0 Å². The van der Waals surface area contributed by atoms with Crippen molar-refractivity contribution >= 4 is 11.0 Å². The fraction of sp³-hybridized carbons (Fsp3) is 1.00. The first kappa shape index (κ1) is 12.9. The Labute approximate surface area is 93.5 Å². The Bertz CT molecular complexity index is 217. The molecule has 90 valence electrons. The fourth-order valence-electron chi connectivity index (χ4n) is 1.98. The van der Waals surface area contributed by atoms with E-state index in [1.165, 1.54) is 32.1 Å². The highest BCUT2D eigenvalue weighted by atomic mass is 32.2. The van der Waals surface area contributed by atoms with E-state index in [0.29, 0.717) is 12.6 Å². The van der Waals surface area contributed by atoms with Crippen molar-refractivity contribution in [1.29, 1.82) is 0 Å². The quantitative estimate of drug-likeness (QED) is 0.515. The van der Waals surface area contributed by atoms with Gasteiger partial charge in [0.25, 0.3) is 11.0 Å². The lowest BCUT2D eigenvalue weighted by atomic mass is 9.95. The van der Waals surface area contributed by atoms with Gasteiger partial charge in [0.1, 0.15) is 0 Å². The molecule has 0 aliphatic heterocycles. The van der Waals surface area contributed by atoms with Gasteiger partial charge in [0.05, 0.1) is 6.61 Å². The van der Waals surface area contributed by atoms with Crippen LogP contribution in [0.5, 0.6) is 0 Å². The maximum absolute atomic E-state index is 10.1. The molecule has 0 bridgehead atoms. The number of hydrogen-bond donors (Lipinski definition) is 2. The zero-order valence-corrected chi connectivity index (χ0v) is 10.0. The molecule has 0 heterocycles. The average Bonchev–Trinajstić information content (AvgIpc) is 2.24. The third-order valence-corrected chi connectivity index (χ3v) is 3.20. The first-order chi connectivity index (χ1) is 7.29. The molecule has 5 heteroatoms. The molecular weight excluding hydrogens is 214 g/mol. The summed E-state index contributed by atoms with van der Waals surface area (Å²) in [5, 5.41) is 3.50. The molecule has 0 saturated heterocycles. The molecule has 4 nitrogen and oxygen atoms in total. The smallest absolute Gasteiger partial charge is 0.257 e. The maximum atomic E-state index is 10.1. The lowest BCUT2D eigenvalue weighted by Gasteiger charge is -2.22. The summed E-state index contributed by atoms with van der Waals surface area (Å²) in [5.74, 6) is 0. The molecule has 1 aliphatic carbocycles. The van der Waals surface area contributed by atoms with Crippen LogP contribution in [0, 0.1) is 0 Å². The Kier molecular flexibility index (Phi) is 6.96. The number of rotatable bonds is 7. The van der Waals surface area contributed by atoms with Crippen LogP contribution in [0.3, 0.4) is 0 Å². The molecule has 0 atom stereocenters. The molecule has 1 saturated carbocycles. The average molecular weight is 235 g/mol. The zero-order chi connectivity index (χ0) is 10.9. The van der Waals surface area contributed by atoms with E-state index >= 15 is 0 Å². The predicted octanol–water partition coefficient (Wildman–Crippen LogP) is 1.23. The first-order valence-electron chi connectivity index (χ1n) is 5.80. The molecule has 1 rings (SSSR count). The van der Waals surface area contributed by atoms with Gasteiger partial charge in [-0.25, -0.2) is 8.42 Å². The molecule has 1 fully saturated rings. The number of thiol groups is 1. The van der Waals surface area contributed by atoms with Gasteiger partial charge >= 0.3 is 0 Å². The second-order valence-corrected chi connectivity index (χ2v) is 4.76. The third kappa shape index (κ3) is 6.87. The third-order valence-electron chi connectivity index (χ3n) is 2.81. The van der Waals surface area contributed by atoms with Gasteiger partial charge in [-0.1, -0.05) is 19.3 Å². The monoisotopic (exact) mass is 235 g/mol. The van der Waals surface area contributed by atoms with Crippen LogP contribution in [-0.2, 0) is 15.2 Å². The highest BCUT2D eigenvalue weighted by Gasteiger charge is 2.11. The SMILES string of the molecule is O=[SH](=O)OCCCCNC1CCCCC1. The van der Waals surface area contributed by atoms with E-state index in [1.807, 2.05) is 0 Å². The molecule has 0 radical (unpaired) electrons. The molecule has 0 aromatic carbocycles. The molecule has 0 spiro atoms. The molecular formula is C10H21NO3S. The van der Waals surface area contributed by atoms with Crippen LogP contribution in [0.25, 0.3) is 0 Å². The van der Waals surface area contributed by atoms with E-state index in [1.54, 1.807) is 0 Å². The van der Waals surface area contributed by atoms with E-state index in [-0.39, 0.29) is 0 Å². The lowest BCUT2D eigenvalue weighted by Crippen LogP contribution is -2.31. The van der Waals surface area contributed by atoms with Gasteiger partial charge in [0.15, 0.2) is 0 Å². The van der Waals surface area contributed by atoms with Crippen LogP contribution in [0.1, 0.15) is 44.9 Å². The van der Waals surface area contributed by atoms with Crippen LogP contribution in [0.4, 0.5) is 0 Å². The number of nitrogens with one attached hydrogen (secondary N) is 1. The van der Waals surface area contributed by atoms with Gasteiger partial charge in [-0.2, -0.15) is 0 Å². The minimum absolute atomic E-state index is 0.324. The highest BCUT2D eigenvalue weighted by molar-refractivity contribution is 7.67. The Balaban J connectivity index is 1.87. The van der Waals surface area contributed by atoms with Gasteiger partial charge in [-0.15, -0.1) is 0 Å². The van der Waals surface area contributed by atoms with Gasteiger partial charge in [0.2, 0.25) is 0 Å². The van der Waals surface area contributed by atoms with Crippen molar-refractivity contribution in [3.8, 4) is 0 Å². The van der Waals surface area contributed by atoms with E-state index in [2.05, 4.69) is 9.50 Å². The topological polar surface area (TPSA) is 55.4 Å². The summed E-state index contributed by atoms with van der Waals surface area (Å²) >= 11 is 0. The van der Waals surface area contributed by atoms with Crippen LogP contribution in [0.15, 0.2) is 0 Å². The van der Waals surface area contributed by atoms with Crippen molar-refractivity contribution in [2.75, 3.05) is 13.2 Å². The minimum atomic E-state index is -2.65. The fourth-order valence-corrected chi connectivity index (χ4v) is 2.26. The predicted molar refractivity (Wildman–Crippen MR) is 60.4 cm³/mol. The largest absolute Gasteiger partial charge is 0.314 e. The van der Waals surface area contributed by atoms with E-state index in [0.717, 1.165) is 19.4 Å². The number of hydrogen-bond acceptors (Lipinski definition) is 4. The van der Waals surface area contributed by atoms with Crippen molar-refractivity contribution in [3.05, 3.63) is 0 Å². The number of unbranched alkanes of at least 4 members (excludes halogenated alkanes) is 1. The Morgan fingerprint density at radius 1 is 1.13 bits per heavy atom. The van der Waals surface area contributed by atoms with Gasteiger partial charge in [-0.3, -0.25) is 4.18 Å². The maximum Gasteiger partial charge on any atom is 0.257 e. The van der Waals surface area contributed by atoms with Crippen LogP contribution in [-0.4, -0.2) is 27.6 Å². The molecule has 15 heavy (non-hydrogen) atoms. The standard InChI is InChI=1S/C10H21NO3S/c12-15(13)14-9-5-4-8-11-10-6-2-1-3-7-10/h10-11,15H,1-9H2. The van der Waals surface area contributed by atoms with Crippen molar-refractivity contribution in [2.45, 2.75) is 51.0 Å². The van der Waals surface area contributed by atoms with E-state index < -0.39 is 11.0 Å². The Morgan fingerprint density at radius 3 is 2.53 bits per heavy atom. The Hall–Kier alpha value is -0.130. The summed E-state index contributed by atoms with van der Waals surface area (Å²) < 4.78 is 24.6. The summed E-state index contributed by atoms with van der Waals surface area (Å²) in [6.45, 7) is 1.30.